The van der Waals surface area contributed by atoms with Crippen LogP contribution in [0.1, 0.15) is 24.0 Å². The van der Waals surface area contributed by atoms with Crippen molar-refractivity contribution in [3.8, 4) is 0 Å². The Bertz CT molecular complexity index is 841. The van der Waals surface area contributed by atoms with Crippen LogP contribution in [0.15, 0.2) is 46.8 Å². The lowest BCUT2D eigenvalue weighted by molar-refractivity contribution is -0.142. The number of rotatable bonds is 5. The van der Waals surface area contributed by atoms with Gasteiger partial charge in [-0.2, -0.15) is 0 Å². The van der Waals surface area contributed by atoms with Gasteiger partial charge in [0.25, 0.3) is 5.91 Å². The molecule has 0 aromatic carbocycles. The number of carbonyl (C=O) groups is 3. The first-order valence-corrected chi connectivity index (χ1v) is 7.48. The molecule has 1 saturated heterocycles. The SMILES string of the molecule is CC(=O)OCc1ccc(C=C2C(=O)NC(=O)N2Cc2cccnc2)o1. The van der Waals surface area contributed by atoms with Gasteiger partial charge < -0.3 is 9.15 Å². The lowest BCUT2D eigenvalue weighted by Gasteiger charge is -2.14. The first-order chi connectivity index (χ1) is 12.0. The van der Waals surface area contributed by atoms with E-state index < -0.39 is 17.9 Å². The van der Waals surface area contributed by atoms with Crippen molar-refractivity contribution >= 4 is 24.0 Å². The summed E-state index contributed by atoms with van der Waals surface area (Å²) in [5.74, 6) is -0.115. The van der Waals surface area contributed by atoms with E-state index in [2.05, 4.69) is 10.3 Å². The number of hydrogen-bond acceptors (Lipinski definition) is 6. The van der Waals surface area contributed by atoms with E-state index in [-0.39, 0.29) is 18.8 Å². The normalized spacial score (nSPS) is 15.6. The van der Waals surface area contributed by atoms with Crippen molar-refractivity contribution in [3.05, 3.63) is 59.4 Å². The smallest absolute Gasteiger partial charge is 0.329 e. The number of pyridine rings is 1. The highest BCUT2D eigenvalue weighted by Crippen LogP contribution is 2.21. The molecule has 0 spiro atoms. The molecule has 0 aliphatic carbocycles. The summed E-state index contributed by atoms with van der Waals surface area (Å²) >= 11 is 0. The number of aromatic nitrogens is 1. The molecule has 8 nitrogen and oxygen atoms in total. The van der Waals surface area contributed by atoms with Crippen molar-refractivity contribution in [2.75, 3.05) is 0 Å². The van der Waals surface area contributed by atoms with E-state index in [4.69, 9.17) is 9.15 Å². The van der Waals surface area contributed by atoms with E-state index in [1.165, 1.54) is 17.9 Å². The zero-order valence-electron chi connectivity index (χ0n) is 13.4. The summed E-state index contributed by atoms with van der Waals surface area (Å²) in [6, 6.07) is 6.32. The van der Waals surface area contributed by atoms with E-state index in [1.807, 2.05) is 6.07 Å². The zero-order chi connectivity index (χ0) is 17.8. The van der Waals surface area contributed by atoms with Gasteiger partial charge >= 0.3 is 12.0 Å². The summed E-state index contributed by atoms with van der Waals surface area (Å²) in [6.45, 7) is 1.51. The molecule has 0 bridgehead atoms. The van der Waals surface area contributed by atoms with E-state index in [9.17, 15) is 14.4 Å². The lowest BCUT2D eigenvalue weighted by Crippen LogP contribution is -2.27. The number of amides is 3. The molecule has 8 heteroatoms. The monoisotopic (exact) mass is 341 g/mol. The minimum absolute atomic E-state index is 0.00301. The van der Waals surface area contributed by atoms with Gasteiger partial charge in [-0.15, -0.1) is 0 Å². The van der Waals surface area contributed by atoms with Crippen LogP contribution in [0.4, 0.5) is 4.79 Å². The van der Waals surface area contributed by atoms with Gasteiger partial charge in [0.15, 0.2) is 0 Å². The average molecular weight is 341 g/mol. The predicted octanol–water partition coefficient (Wildman–Crippen LogP) is 1.83. The van der Waals surface area contributed by atoms with Crippen LogP contribution in [0.5, 0.6) is 0 Å². The summed E-state index contributed by atoms with van der Waals surface area (Å²) in [7, 11) is 0. The van der Waals surface area contributed by atoms with Crippen molar-refractivity contribution < 1.29 is 23.5 Å². The van der Waals surface area contributed by atoms with Gasteiger partial charge in [-0.3, -0.25) is 24.8 Å². The maximum absolute atomic E-state index is 12.0. The van der Waals surface area contributed by atoms with E-state index in [1.54, 1.807) is 30.6 Å². The Hall–Kier alpha value is -3.42. The summed E-state index contributed by atoms with van der Waals surface area (Å²) in [4.78, 5) is 40.2. The fourth-order valence-electron chi connectivity index (χ4n) is 2.29. The molecule has 0 radical (unpaired) electrons. The van der Waals surface area contributed by atoms with Crippen LogP contribution < -0.4 is 5.32 Å². The molecular weight excluding hydrogens is 326 g/mol. The van der Waals surface area contributed by atoms with Gasteiger partial charge in [0.05, 0.1) is 6.54 Å². The van der Waals surface area contributed by atoms with E-state index in [0.29, 0.717) is 11.5 Å². The molecule has 3 rings (SSSR count). The molecule has 1 aliphatic heterocycles. The Labute approximate surface area is 143 Å². The molecule has 0 unspecified atom stereocenters. The summed E-state index contributed by atoms with van der Waals surface area (Å²) in [5, 5.41) is 2.25. The minimum Gasteiger partial charge on any atom is -0.458 e. The zero-order valence-corrected chi connectivity index (χ0v) is 13.4. The molecule has 1 fully saturated rings. The van der Waals surface area contributed by atoms with E-state index in [0.717, 1.165) is 5.56 Å². The summed E-state index contributed by atoms with van der Waals surface area (Å²) in [5.41, 5.74) is 0.954. The standard InChI is InChI=1S/C17H15N3O5/c1-11(21)24-10-14-5-4-13(25-14)7-15-16(22)19-17(23)20(15)9-12-3-2-6-18-8-12/h2-8H,9-10H2,1H3,(H,19,22,23). The number of nitrogens with one attached hydrogen (secondary N) is 1. The number of imide groups is 1. The number of furan rings is 1. The Morgan fingerprint density at radius 3 is 2.92 bits per heavy atom. The quantitative estimate of drug-likeness (QED) is 0.506. The molecular formula is C17H15N3O5. The third-order valence-corrected chi connectivity index (χ3v) is 3.43. The molecule has 3 amide bonds. The molecule has 1 N–H and O–H groups in total. The van der Waals surface area contributed by atoms with Crippen LogP contribution in [0, 0.1) is 0 Å². The van der Waals surface area contributed by atoms with Crippen LogP contribution in [0.2, 0.25) is 0 Å². The van der Waals surface area contributed by atoms with Crippen LogP contribution >= 0.6 is 0 Å². The molecule has 2 aromatic rings. The fourth-order valence-corrected chi connectivity index (χ4v) is 2.29. The highest BCUT2D eigenvalue weighted by atomic mass is 16.5. The van der Waals surface area contributed by atoms with E-state index >= 15 is 0 Å². The Morgan fingerprint density at radius 2 is 2.20 bits per heavy atom. The highest BCUT2D eigenvalue weighted by Gasteiger charge is 2.33. The van der Waals surface area contributed by atoms with Gasteiger partial charge in [0.2, 0.25) is 0 Å². The topological polar surface area (TPSA) is 102 Å². The second kappa shape index (κ2) is 7.00. The van der Waals surface area contributed by atoms with Gasteiger partial charge in [0, 0.05) is 25.4 Å². The fraction of sp³-hybridized carbons (Fsp3) is 0.176. The molecule has 3 heterocycles. The second-order valence-corrected chi connectivity index (χ2v) is 5.32. The van der Waals surface area contributed by atoms with Gasteiger partial charge in [0.1, 0.15) is 23.8 Å². The maximum atomic E-state index is 12.0. The highest BCUT2D eigenvalue weighted by molar-refractivity contribution is 6.13. The van der Waals surface area contributed by atoms with Crippen LogP contribution in [0.3, 0.4) is 0 Å². The maximum Gasteiger partial charge on any atom is 0.329 e. The third kappa shape index (κ3) is 3.92. The second-order valence-electron chi connectivity index (χ2n) is 5.32. The summed E-state index contributed by atoms with van der Waals surface area (Å²) < 4.78 is 10.3. The molecule has 128 valence electrons. The molecule has 2 aromatic heterocycles. The van der Waals surface area contributed by atoms with Crippen LogP contribution in [0.25, 0.3) is 6.08 Å². The van der Waals surface area contributed by atoms with Gasteiger partial charge in [-0.05, 0) is 23.8 Å². The number of ether oxygens (including phenoxy) is 1. The Kier molecular flexibility index (Phi) is 4.60. The average Bonchev–Trinajstić information content (AvgIpc) is 3.14. The number of urea groups is 1. The van der Waals surface area contributed by atoms with Gasteiger partial charge in [-0.25, -0.2) is 4.79 Å². The first kappa shape index (κ1) is 16.4. The molecule has 0 atom stereocenters. The van der Waals surface area contributed by atoms with Crippen LogP contribution in [-0.4, -0.2) is 27.8 Å². The number of hydrogen-bond donors (Lipinski definition) is 1. The van der Waals surface area contributed by atoms with Crippen molar-refractivity contribution in [1.29, 1.82) is 0 Å². The van der Waals surface area contributed by atoms with Crippen molar-refractivity contribution in [1.82, 2.24) is 15.2 Å². The lowest BCUT2D eigenvalue weighted by atomic mass is 10.2. The molecule has 1 aliphatic rings. The molecule has 25 heavy (non-hydrogen) atoms. The first-order valence-electron chi connectivity index (χ1n) is 7.48. The summed E-state index contributed by atoms with van der Waals surface area (Å²) in [6.07, 6.45) is 4.72. The van der Waals surface area contributed by atoms with Crippen molar-refractivity contribution in [2.45, 2.75) is 20.1 Å². The van der Waals surface area contributed by atoms with Gasteiger partial charge in [-0.1, -0.05) is 6.07 Å². The number of esters is 1. The third-order valence-electron chi connectivity index (χ3n) is 3.43. The molecule has 0 saturated carbocycles. The van der Waals surface area contributed by atoms with Crippen molar-refractivity contribution in [2.24, 2.45) is 0 Å². The minimum atomic E-state index is -0.508. The largest absolute Gasteiger partial charge is 0.458 e. The van der Waals surface area contributed by atoms with Crippen molar-refractivity contribution in [3.63, 3.8) is 0 Å². The number of nitrogens with zero attached hydrogens (tertiary/aromatic N) is 2. The number of carbonyl (C=O) groups excluding carboxylic acids is 3. The predicted molar refractivity (Wildman–Crippen MR) is 85.5 cm³/mol. The Morgan fingerprint density at radius 1 is 1.36 bits per heavy atom. The Balaban J connectivity index is 1.80. The van der Waals surface area contributed by atoms with Crippen LogP contribution in [-0.2, 0) is 27.5 Å².